The molecule has 1 saturated heterocycles. The van der Waals surface area contributed by atoms with Crippen LogP contribution in [0.2, 0.25) is 0 Å². The summed E-state index contributed by atoms with van der Waals surface area (Å²) in [4.78, 5) is 14.7. The number of rotatable bonds is 5. The first-order valence-electron chi connectivity index (χ1n) is 9.54. The Balaban J connectivity index is 1.31. The Morgan fingerprint density at radius 3 is 2.79 bits per heavy atom. The summed E-state index contributed by atoms with van der Waals surface area (Å²) in [5.74, 6) is 2.11. The van der Waals surface area contributed by atoms with Gasteiger partial charge >= 0.3 is 0 Å². The molecule has 0 unspecified atom stereocenters. The van der Waals surface area contributed by atoms with Crippen molar-refractivity contribution in [3.05, 3.63) is 47.9 Å². The molecule has 1 amide bonds. The van der Waals surface area contributed by atoms with Crippen LogP contribution in [0.1, 0.15) is 29.1 Å². The van der Waals surface area contributed by atoms with E-state index in [9.17, 15) is 4.79 Å². The fraction of sp³-hybridized carbons (Fsp3) is 0.381. The number of anilines is 1. The van der Waals surface area contributed by atoms with Gasteiger partial charge in [0, 0.05) is 25.0 Å². The standard InChI is InChI=1S/C21H24N4O3/c1-14-6-7-19(24-23-14)25-10-8-15(9-11-25)13-22-21(26)18-12-16-4-3-5-17(27-2)20(16)28-18/h3-7,12,15H,8-11,13H2,1-2H3,(H,22,26). The van der Waals surface area contributed by atoms with E-state index >= 15 is 0 Å². The number of carbonyl (C=O) groups is 1. The fourth-order valence-corrected chi connectivity index (χ4v) is 3.56. The Labute approximate surface area is 163 Å². The maximum Gasteiger partial charge on any atom is 0.287 e. The molecule has 1 aliphatic heterocycles. The van der Waals surface area contributed by atoms with E-state index in [2.05, 4.69) is 20.4 Å². The van der Waals surface area contributed by atoms with Crippen molar-refractivity contribution in [2.24, 2.45) is 5.92 Å². The van der Waals surface area contributed by atoms with Crippen LogP contribution in [0.25, 0.3) is 11.0 Å². The number of fused-ring (bicyclic) bond motifs is 1. The minimum Gasteiger partial charge on any atom is -0.493 e. The number of piperidine rings is 1. The number of furan rings is 1. The van der Waals surface area contributed by atoms with Gasteiger partial charge in [0.1, 0.15) is 0 Å². The quantitative estimate of drug-likeness (QED) is 0.732. The van der Waals surface area contributed by atoms with Gasteiger partial charge in [0.2, 0.25) is 0 Å². The first-order chi connectivity index (χ1) is 13.6. The summed E-state index contributed by atoms with van der Waals surface area (Å²) >= 11 is 0. The van der Waals surface area contributed by atoms with Crippen molar-refractivity contribution >= 4 is 22.7 Å². The molecule has 4 rings (SSSR count). The highest BCUT2D eigenvalue weighted by Crippen LogP contribution is 2.28. The van der Waals surface area contributed by atoms with Crippen molar-refractivity contribution in [1.29, 1.82) is 0 Å². The Kier molecular flexibility index (Phi) is 5.14. The second kappa shape index (κ2) is 7.88. The highest BCUT2D eigenvalue weighted by atomic mass is 16.5. The second-order valence-electron chi connectivity index (χ2n) is 7.16. The van der Waals surface area contributed by atoms with Crippen LogP contribution in [0.3, 0.4) is 0 Å². The molecule has 1 aliphatic rings. The van der Waals surface area contributed by atoms with Crippen LogP contribution in [0.5, 0.6) is 5.75 Å². The van der Waals surface area contributed by atoms with Crippen molar-refractivity contribution in [3.63, 3.8) is 0 Å². The maximum atomic E-state index is 12.5. The molecule has 0 radical (unpaired) electrons. The third-order valence-corrected chi connectivity index (χ3v) is 5.23. The molecular formula is C21H24N4O3. The highest BCUT2D eigenvalue weighted by Gasteiger charge is 2.22. The molecule has 0 spiro atoms. The molecule has 3 aromatic rings. The molecule has 2 aromatic heterocycles. The van der Waals surface area contributed by atoms with Gasteiger partial charge in [-0.2, -0.15) is 5.10 Å². The van der Waals surface area contributed by atoms with Crippen LogP contribution in [0, 0.1) is 12.8 Å². The zero-order chi connectivity index (χ0) is 19.5. The molecule has 28 heavy (non-hydrogen) atoms. The van der Waals surface area contributed by atoms with Gasteiger partial charge in [0.05, 0.1) is 12.8 Å². The summed E-state index contributed by atoms with van der Waals surface area (Å²) < 4.78 is 11.0. The minimum absolute atomic E-state index is 0.190. The average Bonchev–Trinajstić information content (AvgIpc) is 3.17. The first-order valence-corrected chi connectivity index (χ1v) is 9.54. The van der Waals surface area contributed by atoms with Crippen molar-refractivity contribution in [3.8, 4) is 5.75 Å². The van der Waals surface area contributed by atoms with Crippen molar-refractivity contribution in [2.75, 3.05) is 31.6 Å². The number of nitrogens with one attached hydrogen (secondary N) is 1. The van der Waals surface area contributed by atoms with E-state index in [0.717, 1.165) is 42.8 Å². The number of methoxy groups -OCH3 is 1. The number of para-hydroxylation sites is 1. The van der Waals surface area contributed by atoms with Crippen LogP contribution in [-0.4, -0.2) is 42.8 Å². The molecule has 1 N–H and O–H groups in total. The van der Waals surface area contributed by atoms with Crippen molar-refractivity contribution < 1.29 is 13.9 Å². The lowest BCUT2D eigenvalue weighted by molar-refractivity contribution is 0.0919. The molecule has 1 aromatic carbocycles. The molecular weight excluding hydrogens is 356 g/mol. The van der Waals surface area contributed by atoms with Crippen LogP contribution >= 0.6 is 0 Å². The van der Waals surface area contributed by atoms with Crippen LogP contribution < -0.4 is 15.0 Å². The van der Waals surface area contributed by atoms with Gasteiger partial charge in [-0.3, -0.25) is 4.79 Å². The van der Waals surface area contributed by atoms with Crippen molar-refractivity contribution in [1.82, 2.24) is 15.5 Å². The Bertz CT molecular complexity index is 959. The summed E-state index contributed by atoms with van der Waals surface area (Å²) in [6.07, 6.45) is 2.01. The summed E-state index contributed by atoms with van der Waals surface area (Å²) in [6.45, 7) is 4.41. The van der Waals surface area contributed by atoms with Crippen LogP contribution in [-0.2, 0) is 0 Å². The number of carbonyl (C=O) groups excluding carboxylic acids is 1. The van der Waals surface area contributed by atoms with Crippen LogP contribution in [0.15, 0.2) is 40.8 Å². The molecule has 0 atom stereocenters. The number of aromatic nitrogens is 2. The zero-order valence-corrected chi connectivity index (χ0v) is 16.1. The molecule has 0 saturated carbocycles. The van der Waals surface area contributed by atoms with E-state index in [0.29, 0.717) is 29.6 Å². The molecule has 1 fully saturated rings. The third-order valence-electron chi connectivity index (χ3n) is 5.23. The van der Waals surface area contributed by atoms with Gasteiger partial charge in [-0.25, -0.2) is 0 Å². The smallest absolute Gasteiger partial charge is 0.287 e. The predicted octanol–water partition coefficient (Wildman–Crippen LogP) is 3.19. The normalized spacial score (nSPS) is 15.0. The Hall–Kier alpha value is -3.09. The summed E-state index contributed by atoms with van der Waals surface area (Å²) in [6, 6.07) is 11.4. The number of hydrogen-bond donors (Lipinski definition) is 1. The van der Waals surface area contributed by atoms with Gasteiger partial charge in [0.25, 0.3) is 5.91 Å². The Morgan fingerprint density at radius 2 is 2.07 bits per heavy atom. The number of amides is 1. The number of aryl methyl sites for hydroxylation is 1. The van der Waals surface area contributed by atoms with Gasteiger partial charge in [-0.1, -0.05) is 12.1 Å². The predicted molar refractivity (Wildman–Crippen MR) is 107 cm³/mol. The molecule has 3 heterocycles. The largest absolute Gasteiger partial charge is 0.493 e. The summed E-state index contributed by atoms with van der Waals surface area (Å²) in [5, 5.41) is 12.3. The topological polar surface area (TPSA) is 80.5 Å². The van der Waals surface area contributed by atoms with E-state index in [4.69, 9.17) is 9.15 Å². The molecule has 7 nitrogen and oxygen atoms in total. The second-order valence-corrected chi connectivity index (χ2v) is 7.16. The lowest BCUT2D eigenvalue weighted by Crippen LogP contribution is -2.39. The van der Waals surface area contributed by atoms with E-state index < -0.39 is 0 Å². The average molecular weight is 380 g/mol. The van der Waals surface area contributed by atoms with E-state index in [1.807, 2.05) is 37.3 Å². The lowest BCUT2D eigenvalue weighted by Gasteiger charge is -2.32. The zero-order valence-electron chi connectivity index (χ0n) is 16.1. The van der Waals surface area contributed by atoms with Crippen molar-refractivity contribution in [2.45, 2.75) is 19.8 Å². The first kappa shape index (κ1) is 18.3. The number of hydrogen-bond acceptors (Lipinski definition) is 6. The third kappa shape index (κ3) is 3.78. The summed E-state index contributed by atoms with van der Waals surface area (Å²) in [5.41, 5.74) is 1.52. The highest BCUT2D eigenvalue weighted by molar-refractivity contribution is 5.97. The lowest BCUT2D eigenvalue weighted by atomic mass is 9.97. The fourth-order valence-electron chi connectivity index (χ4n) is 3.56. The molecule has 146 valence electrons. The van der Waals surface area contributed by atoms with Crippen LogP contribution in [0.4, 0.5) is 5.82 Å². The van der Waals surface area contributed by atoms with Gasteiger partial charge in [-0.05, 0) is 49.9 Å². The maximum absolute atomic E-state index is 12.5. The van der Waals surface area contributed by atoms with Gasteiger partial charge < -0.3 is 19.4 Å². The minimum atomic E-state index is -0.190. The van der Waals surface area contributed by atoms with Gasteiger partial charge in [-0.15, -0.1) is 5.10 Å². The van der Waals surface area contributed by atoms with E-state index in [-0.39, 0.29) is 5.91 Å². The van der Waals surface area contributed by atoms with Gasteiger partial charge in [0.15, 0.2) is 22.9 Å². The summed E-state index contributed by atoms with van der Waals surface area (Å²) in [7, 11) is 1.59. The van der Waals surface area contributed by atoms with E-state index in [1.165, 1.54) is 0 Å². The molecule has 0 bridgehead atoms. The molecule has 7 heteroatoms. The van der Waals surface area contributed by atoms with E-state index in [1.54, 1.807) is 13.2 Å². The number of ether oxygens (including phenoxy) is 1. The SMILES string of the molecule is COc1cccc2cc(C(=O)NCC3CCN(c4ccc(C)nn4)CC3)oc12. The molecule has 0 aliphatic carbocycles. The monoisotopic (exact) mass is 380 g/mol. The Morgan fingerprint density at radius 1 is 1.25 bits per heavy atom. The number of nitrogens with zero attached hydrogens (tertiary/aromatic N) is 3. The number of benzene rings is 1.